The molecule has 6 nitrogen and oxygen atoms in total. The predicted molar refractivity (Wildman–Crippen MR) is 136 cm³/mol. The fourth-order valence-corrected chi connectivity index (χ4v) is 2.86. The summed E-state index contributed by atoms with van der Waals surface area (Å²) < 4.78 is 11.6. The second-order valence-electron chi connectivity index (χ2n) is 7.52. The topological polar surface area (TPSA) is 77.7 Å². The van der Waals surface area contributed by atoms with E-state index in [2.05, 4.69) is 49.5 Å². The van der Waals surface area contributed by atoms with E-state index in [0.29, 0.717) is 29.5 Å². The molecule has 0 unspecified atom stereocenters. The van der Waals surface area contributed by atoms with Gasteiger partial charge in [-0.3, -0.25) is 4.79 Å². The molecule has 0 aliphatic rings. The molecule has 6 heteroatoms. The van der Waals surface area contributed by atoms with Gasteiger partial charge in [0.25, 0.3) is 0 Å². The second kappa shape index (κ2) is 16.5. The molecule has 0 atom stereocenters. The highest BCUT2D eigenvalue weighted by Crippen LogP contribution is 2.32. The molecule has 1 aromatic heterocycles. The Bertz CT molecular complexity index is 863. The zero-order valence-electron chi connectivity index (χ0n) is 20.5. The lowest BCUT2D eigenvalue weighted by atomic mass is 10.2. The van der Waals surface area contributed by atoms with Crippen molar-refractivity contribution in [3.05, 3.63) is 72.5 Å². The molecule has 0 spiro atoms. The molecule has 1 heterocycles. The summed E-state index contributed by atoms with van der Waals surface area (Å²) in [4.78, 5) is 17.6. The smallest absolute Gasteiger partial charge is 0.250 e. The average Bonchev–Trinajstić information content (AvgIpc) is 2.81. The maximum atomic E-state index is 11.2. The molecule has 0 fully saturated rings. The van der Waals surface area contributed by atoms with Crippen LogP contribution in [-0.2, 0) is 6.54 Å². The van der Waals surface area contributed by atoms with E-state index in [0.717, 1.165) is 44.3 Å². The molecule has 33 heavy (non-hydrogen) atoms. The van der Waals surface area contributed by atoms with Crippen LogP contribution in [0.25, 0.3) is 0 Å². The number of rotatable bonds is 13. The van der Waals surface area contributed by atoms with E-state index in [9.17, 15) is 4.79 Å². The number of pyridine rings is 1. The van der Waals surface area contributed by atoms with Crippen LogP contribution in [0.2, 0.25) is 0 Å². The van der Waals surface area contributed by atoms with Gasteiger partial charge in [-0.25, -0.2) is 4.98 Å². The van der Waals surface area contributed by atoms with Crippen LogP contribution in [0, 0.1) is 0 Å². The number of carbonyl (C=O) groups is 1. The number of hydrogen-bond donors (Lipinski definition) is 1. The summed E-state index contributed by atoms with van der Waals surface area (Å²) in [6, 6.07) is 9.13. The number of allylic oxidation sites excluding steroid dienone is 3. The first kappa shape index (κ1) is 27.9. The number of ether oxygens (including phenoxy) is 2. The van der Waals surface area contributed by atoms with E-state index >= 15 is 0 Å². The van der Waals surface area contributed by atoms with Crippen LogP contribution >= 0.6 is 0 Å². The summed E-state index contributed by atoms with van der Waals surface area (Å²) in [5.41, 5.74) is 6.74. The molecule has 0 saturated carbocycles. The van der Waals surface area contributed by atoms with Crippen LogP contribution < -0.4 is 15.2 Å². The summed E-state index contributed by atoms with van der Waals surface area (Å²) in [7, 11) is 2.12. The van der Waals surface area contributed by atoms with Crippen molar-refractivity contribution < 1.29 is 14.3 Å². The van der Waals surface area contributed by atoms with Crippen molar-refractivity contribution in [1.82, 2.24) is 9.88 Å². The van der Waals surface area contributed by atoms with Gasteiger partial charge in [0.05, 0.1) is 12.2 Å². The average molecular weight is 454 g/mol. The zero-order valence-corrected chi connectivity index (χ0v) is 20.5. The summed E-state index contributed by atoms with van der Waals surface area (Å²) in [5, 5.41) is 0. The Balaban J connectivity index is 0.00000125. The monoisotopic (exact) mass is 453 g/mol. The molecule has 2 N–H and O–H groups in total. The fourth-order valence-electron chi connectivity index (χ4n) is 2.86. The van der Waals surface area contributed by atoms with Gasteiger partial charge in [-0.15, -0.1) is 6.58 Å². The van der Waals surface area contributed by atoms with E-state index in [1.54, 1.807) is 12.1 Å². The summed E-state index contributed by atoms with van der Waals surface area (Å²) >= 11 is 0. The maximum Gasteiger partial charge on any atom is 0.250 e. The number of primary amides is 1. The first-order valence-electron chi connectivity index (χ1n) is 11.6. The molecule has 2 rings (SSSR count). The highest BCUT2D eigenvalue weighted by atomic mass is 16.5. The molecule has 180 valence electrons. The standard InChI is InChI=1S/C23H31N3O3.C4H8/c1-4-6-7-8-9-14-26(3)17-18-10-12-20(21(15-18)28-5-2)29-22-13-11-19(16-25-22)23(24)27;1-3-4-2/h6-7,10-13,15-16H,4-5,8-9,14,17H2,1-3H3,(H2,24,27);3H,1,4H2,2H3/b7-6+;. The Morgan fingerprint density at radius 2 is 1.88 bits per heavy atom. The van der Waals surface area contributed by atoms with E-state index in [1.165, 1.54) is 6.20 Å². The van der Waals surface area contributed by atoms with Crippen molar-refractivity contribution in [3.8, 4) is 17.4 Å². The molecule has 0 aliphatic carbocycles. The molecule has 0 saturated heterocycles. The predicted octanol–water partition coefficient (Wildman–Crippen LogP) is 6.13. The lowest BCUT2D eigenvalue weighted by molar-refractivity contribution is 0.1000. The number of carbonyl (C=O) groups excluding carboxylic acids is 1. The van der Waals surface area contributed by atoms with Crippen molar-refractivity contribution in [1.29, 1.82) is 0 Å². The van der Waals surface area contributed by atoms with Crippen LogP contribution in [0.5, 0.6) is 17.4 Å². The summed E-state index contributed by atoms with van der Waals surface area (Å²) in [6.45, 7) is 12.0. The minimum absolute atomic E-state index is 0.339. The maximum absolute atomic E-state index is 11.2. The number of nitrogens with two attached hydrogens (primary N) is 1. The zero-order chi connectivity index (χ0) is 24.5. The number of nitrogens with zero attached hydrogens (tertiary/aromatic N) is 2. The minimum Gasteiger partial charge on any atom is -0.490 e. The number of benzene rings is 1. The highest BCUT2D eigenvalue weighted by molar-refractivity contribution is 5.92. The first-order valence-corrected chi connectivity index (χ1v) is 11.6. The third-order valence-corrected chi connectivity index (χ3v) is 4.60. The Labute approximate surface area is 199 Å². The molecule has 2 aromatic rings. The van der Waals surface area contributed by atoms with Gasteiger partial charge < -0.3 is 20.1 Å². The number of hydrogen-bond acceptors (Lipinski definition) is 5. The SMILES string of the molecule is C=CCC.CC/C=C/CCCN(C)Cc1ccc(Oc2ccc(C(N)=O)cn2)c(OCC)c1. The van der Waals surface area contributed by atoms with E-state index < -0.39 is 5.91 Å². The molecule has 1 aromatic carbocycles. The third-order valence-electron chi connectivity index (χ3n) is 4.60. The quantitative estimate of drug-likeness (QED) is 0.291. The van der Waals surface area contributed by atoms with Crippen molar-refractivity contribution >= 4 is 5.91 Å². The Morgan fingerprint density at radius 3 is 2.45 bits per heavy atom. The van der Waals surface area contributed by atoms with Gasteiger partial charge in [0.2, 0.25) is 11.8 Å². The van der Waals surface area contributed by atoms with E-state index in [1.807, 2.05) is 31.2 Å². The van der Waals surface area contributed by atoms with Gasteiger partial charge >= 0.3 is 0 Å². The number of amides is 1. The fraction of sp³-hybridized carbons (Fsp3) is 0.407. The third kappa shape index (κ3) is 11.3. The van der Waals surface area contributed by atoms with Gasteiger partial charge in [-0.05, 0) is 70.0 Å². The number of unbranched alkanes of at least 4 members (excludes halogenated alkanes) is 1. The van der Waals surface area contributed by atoms with Crippen LogP contribution in [-0.4, -0.2) is 36.0 Å². The van der Waals surface area contributed by atoms with Crippen molar-refractivity contribution in [2.75, 3.05) is 20.2 Å². The molecular formula is C27H39N3O3. The Kier molecular flexibility index (Phi) is 14.0. The first-order chi connectivity index (χ1) is 15.9. The molecule has 0 radical (unpaired) electrons. The molecule has 0 bridgehead atoms. The largest absolute Gasteiger partial charge is 0.490 e. The van der Waals surface area contributed by atoms with Crippen molar-refractivity contribution in [2.45, 2.75) is 53.0 Å². The minimum atomic E-state index is -0.520. The van der Waals surface area contributed by atoms with Gasteiger partial charge in [-0.1, -0.05) is 38.1 Å². The summed E-state index contributed by atoms with van der Waals surface area (Å²) in [5.74, 6) is 1.11. The van der Waals surface area contributed by atoms with Crippen LogP contribution in [0.3, 0.4) is 0 Å². The second-order valence-corrected chi connectivity index (χ2v) is 7.52. The van der Waals surface area contributed by atoms with Gasteiger partial charge in [0.1, 0.15) is 0 Å². The number of aromatic nitrogens is 1. The molecular weight excluding hydrogens is 414 g/mol. The Hall–Kier alpha value is -3.12. The van der Waals surface area contributed by atoms with Gasteiger partial charge in [0.15, 0.2) is 11.5 Å². The Morgan fingerprint density at radius 1 is 1.12 bits per heavy atom. The van der Waals surface area contributed by atoms with Crippen molar-refractivity contribution in [3.63, 3.8) is 0 Å². The van der Waals surface area contributed by atoms with E-state index in [-0.39, 0.29) is 0 Å². The van der Waals surface area contributed by atoms with Crippen LogP contribution in [0.1, 0.15) is 62.4 Å². The highest BCUT2D eigenvalue weighted by Gasteiger charge is 2.10. The molecule has 1 amide bonds. The van der Waals surface area contributed by atoms with Gasteiger partial charge in [0, 0.05) is 18.8 Å². The van der Waals surface area contributed by atoms with E-state index in [4.69, 9.17) is 15.2 Å². The lowest BCUT2D eigenvalue weighted by Gasteiger charge is -2.18. The van der Waals surface area contributed by atoms with Crippen LogP contribution in [0.15, 0.2) is 61.3 Å². The van der Waals surface area contributed by atoms with Gasteiger partial charge in [-0.2, -0.15) is 0 Å². The summed E-state index contributed by atoms with van der Waals surface area (Å²) in [6.07, 6.45) is 12.2. The molecule has 0 aliphatic heterocycles. The van der Waals surface area contributed by atoms with Crippen LogP contribution in [0.4, 0.5) is 0 Å². The lowest BCUT2D eigenvalue weighted by Crippen LogP contribution is -2.19. The van der Waals surface area contributed by atoms with Crippen molar-refractivity contribution in [2.24, 2.45) is 5.73 Å². The normalized spacial score (nSPS) is 10.6.